The van der Waals surface area contributed by atoms with Crippen LogP contribution in [0.15, 0.2) is 0 Å². The molecule has 33 heavy (non-hydrogen) atoms. The Morgan fingerprint density at radius 3 is 2.52 bits per heavy atom. The maximum Gasteiger partial charge on any atom is 0.266 e. The number of fused-ring (bicyclic) bond motifs is 5. The highest BCUT2D eigenvalue weighted by Crippen LogP contribution is 2.68. The summed E-state index contributed by atoms with van der Waals surface area (Å²) in [5.74, 6) is 2.77. The molecule has 0 bridgehead atoms. The van der Waals surface area contributed by atoms with E-state index in [1.54, 1.807) is 0 Å². The van der Waals surface area contributed by atoms with E-state index in [4.69, 9.17) is 4.55 Å². The Morgan fingerprint density at radius 1 is 1.06 bits per heavy atom. The summed E-state index contributed by atoms with van der Waals surface area (Å²) in [6, 6.07) is 0. The van der Waals surface area contributed by atoms with E-state index in [1.807, 2.05) is 0 Å². The van der Waals surface area contributed by atoms with Crippen molar-refractivity contribution < 1.29 is 22.9 Å². The van der Waals surface area contributed by atoms with Crippen LogP contribution < -0.4 is 5.32 Å². The Morgan fingerprint density at radius 2 is 1.79 bits per heavy atom. The standard InChI is InChI=1S/C26H45NO5S/c1-17(7-10-23(29)27-14-15-33(30,31)32)19-8-9-20-24-21(11-13-26(19,20)3)25(2)12-5-4-6-18(25)16-22(24)28/h17-22,24,28H,4-16H2,1-3H3,(H,27,29)(H,30,31,32)/t17-,18?,19-,20+,21+,22+,24+,25+,26-/m0/s1. The number of amides is 1. The molecule has 0 saturated heterocycles. The first-order chi connectivity index (χ1) is 15.5. The quantitative estimate of drug-likeness (QED) is 0.465. The molecule has 9 atom stereocenters. The molecule has 6 nitrogen and oxygen atoms in total. The highest BCUT2D eigenvalue weighted by molar-refractivity contribution is 7.85. The number of hydrogen-bond donors (Lipinski definition) is 3. The van der Waals surface area contributed by atoms with Gasteiger partial charge in [-0.2, -0.15) is 8.42 Å². The molecule has 190 valence electrons. The lowest BCUT2D eigenvalue weighted by molar-refractivity contribution is -0.164. The molecule has 1 amide bonds. The van der Waals surface area contributed by atoms with E-state index in [9.17, 15) is 18.3 Å². The zero-order valence-electron chi connectivity index (χ0n) is 20.8. The minimum atomic E-state index is -4.05. The molecule has 0 aromatic carbocycles. The predicted octanol–water partition coefficient (Wildman–Crippen LogP) is 4.43. The molecule has 7 heteroatoms. The first kappa shape index (κ1) is 25.4. The van der Waals surface area contributed by atoms with Gasteiger partial charge in [-0.3, -0.25) is 9.35 Å². The maximum absolute atomic E-state index is 12.2. The maximum atomic E-state index is 12.2. The van der Waals surface area contributed by atoms with Crippen LogP contribution in [0.5, 0.6) is 0 Å². The molecular weight excluding hydrogens is 438 g/mol. The van der Waals surface area contributed by atoms with Gasteiger partial charge in [0.1, 0.15) is 0 Å². The molecule has 0 heterocycles. The van der Waals surface area contributed by atoms with Crippen molar-refractivity contribution in [2.75, 3.05) is 12.3 Å². The molecule has 0 aromatic heterocycles. The Balaban J connectivity index is 1.38. The van der Waals surface area contributed by atoms with Crippen LogP contribution in [-0.2, 0) is 14.9 Å². The third-order valence-corrected chi connectivity index (χ3v) is 11.6. The Bertz CT molecular complexity index is 831. The number of aliphatic hydroxyl groups excluding tert-OH is 1. The molecule has 0 aromatic rings. The van der Waals surface area contributed by atoms with E-state index in [0.29, 0.717) is 47.3 Å². The van der Waals surface area contributed by atoms with E-state index in [2.05, 4.69) is 26.1 Å². The van der Waals surface area contributed by atoms with Crippen LogP contribution in [0.4, 0.5) is 0 Å². The van der Waals surface area contributed by atoms with Gasteiger partial charge in [-0.1, -0.05) is 33.6 Å². The number of rotatable bonds is 7. The van der Waals surface area contributed by atoms with Crippen molar-refractivity contribution in [3.05, 3.63) is 0 Å². The molecule has 0 radical (unpaired) electrons. The lowest BCUT2D eigenvalue weighted by Crippen LogP contribution is -2.57. The first-order valence-corrected chi connectivity index (χ1v) is 15.0. The molecule has 4 rings (SSSR count). The molecular formula is C26H45NO5S. The van der Waals surface area contributed by atoms with Gasteiger partial charge in [0.25, 0.3) is 10.1 Å². The summed E-state index contributed by atoms with van der Waals surface area (Å²) in [4.78, 5) is 12.2. The van der Waals surface area contributed by atoms with Crippen LogP contribution in [0.1, 0.15) is 91.4 Å². The molecule has 4 aliphatic carbocycles. The van der Waals surface area contributed by atoms with Crippen LogP contribution in [0.3, 0.4) is 0 Å². The second-order valence-corrected chi connectivity index (χ2v) is 14.0. The highest BCUT2D eigenvalue weighted by Gasteiger charge is 2.62. The average Bonchev–Trinajstić information content (AvgIpc) is 3.08. The fraction of sp³-hybridized carbons (Fsp3) is 0.962. The molecule has 0 aliphatic heterocycles. The van der Waals surface area contributed by atoms with E-state index in [-0.39, 0.29) is 24.0 Å². The molecule has 4 aliphatic rings. The SMILES string of the molecule is C[C@@H](CCC(=O)NCCS(=O)(=O)O)[C@@H]1CC[C@@H]2[C@H]3[C@H](O)CC4CCCC[C@@]4(C)[C@@H]3CC[C@]21C. The minimum Gasteiger partial charge on any atom is -0.393 e. The Labute approximate surface area is 200 Å². The van der Waals surface area contributed by atoms with Gasteiger partial charge in [0.15, 0.2) is 0 Å². The van der Waals surface area contributed by atoms with Crippen LogP contribution in [-0.4, -0.2) is 42.4 Å². The summed E-state index contributed by atoms with van der Waals surface area (Å²) in [5, 5.41) is 14.0. The van der Waals surface area contributed by atoms with Crippen LogP contribution >= 0.6 is 0 Å². The molecule has 4 fully saturated rings. The van der Waals surface area contributed by atoms with Crippen molar-refractivity contribution in [2.45, 2.75) is 97.5 Å². The van der Waals surface area contributed by atoms with Crippen LogP contribution in [0.25, 0.3) is 0 Å². The Kier molecular flexibility index (Phi) is 7.26. The van der Waals surface area contributed by atoms with E-state index >= 15 is 0 Å². The van der Waals surface area contributed by atoms with Crippen molar-refractivity contribution in [2.24, 2.45) is 46.3 Å². The van der Waals surface area contributed by atoms with Gasteiger partial charge in [-0.25, -0.2) is 0 Å². The number of nitrogens with one attached hydrogen (secondary N) is 1. The molecule has 0 spiro atoms. The first-order valence-electron chi connectivity index (χ1n) is 13.4. The normalized spacial score (nSPS) is 43.8. The fourth-order valence-electron chi connectivity index (χ4n) is 9.20. The van der Waals surface area contributed by atoms with Gasteiger partial charge in [0.2, 0.25) is 5.91 Å². The topological polar surface area (TPSA) is 104 Å². The number of hydrogen-bond acceptors (Lipinski definition) is 4. The van der Waals surface area contributed by atoms with Crippen molar-refractivity contribution in [3.63, 3.8) is 0 Å². The molecule has 3 N–H and O–H groups in total. The largest absolute Gasteiger partial charge is 0.393 e. The minimum absolute atomic E-state index is 0.0457. The highest BCUT2D eigenvalue weighted by atomic mass is 32.2. The van der Waals surface area contributed by atoms with Crippen LogP contribution in [0.2, 0.25) is 0 Å². The number of carbonyl (C=O) groups excluding carboxylic acids is 1. The number of aliphatic hydroxyl groups is 1. The van der Waals surface area contributed by atoms with Crippen molar-refractivity contribution in [3.8, 4) is 0 Å². The summed E-state index contributed by atoms with van der Waals surface area (Å²) in [6.45, 7) is 7.23. The summed E-state index contributed by atoms with van der Waals surface area (Å²) in [6.07, 6.45) is 12.2. The zero-order chi connectivity index (χ0) is 24.0. The number of carbonyl (C=O) groups is 1. The van der Waals surface area contributed by atoms with Crippen LogP contribution in [0, 0.1) is 46.3 Å². The summed E-state index contributed by atoms with van der Waals surface area (Å²) in [7, 11) is -4.05. The zero-order valence-corrected chi connectivity index (χ0v) is 21.6. The van der Waals surface area contributed by atoms with Gasteiger partial charge in [0.05, 0.1) is 11.9 Å². The fourth-order valence-corrected chi connectivity index (χ4v) is 9.56. The van der Waals surface area contributed by atoms with E-state index in [1.165, 1.54) is 51.4 Å². The van der Waals surface area contributed by atoms with Gasteiger partial charge < -0.3 is 10.4 Å². The van der Waals surface area contributed by atoms with E-state index < -0.39 is 15.9 Å². The van der Waals surface area contributed by atoms with Gasteiger partial charge in [-0.15, -0.1) is 0 Å². The van der Waals surface area contributed by atoms with Gasteiger partial charge in [0, 0.05) is 13.0 Å². The summed E-state index contributed by atoms with van der Waals surface area (Å²) in [5.41, 5.74) is 0.647. The average molecular weight is 484 g/mol. The predicted molar refractivity (Wildman–Crippen MR) is 129 cm³/mol. The molecule has 4 saturated carbocycles. The Hall–Kier alpha value is -0.660. The molecule has 1 unspecified atom stereocenters. The van der Waals surface area contributed by atoms with Crippen molar-refractivity contribution in [1.82, 2.24) is 5.32 Å². The smallest absolute Gasteiger partial charge is 0.266 e. The summed E-state index contributed by atoms with van der Waals surface area (Å²) < 4.78 is 30.5. The van der Waals surface area contributed by atoms with Crippen molar-refractivity contribution >= 4 is 16.0 Å². The van der Waals surface area contributed by atoms with Gasteiger partial charge >= 0.3 is 0 Å². The van der Waals surface area contributed by atoms with Crippen molar-refractivity contribution in [1.29, 1.82) is 0 Å². The van der Waals surface area contributed by atoms with E-state index in [0.717, 1.165) is 12.8 Å². The lowest BCUT2D eigenvalue weighted by Gasteiger charge is -2.62. The van der Waals surface area contributed by atoms with Gasteiger partial charge in [-0.05, 0) is 97.7 Å². The second-order valence-electron chi connectivity index (χ2n) is 12.4. The third kappa shape index (κ3) is 4.88. The lowest BCUT2D eigenvalue weighted by atomic mass is 9.44. The monoisotopic (exact) mass is 483 g/mol. The second kappa shape index (κ2) is 9.42. The third-order valence-electron chi connectivity index (χ3n) is 10.9. The summed E-state index contributed by atoms with van der Waals surface area (Å²) >= 11 is 0.